The molecule has 0 atom stereocenters. The number of hydrogen-bond donors (Lipinski definition) is 1. The first-order valence-corrected chi connectivity index (χ1v) is 9.96. The summed E-state index contributed by atoms with van der Waals surface area (Å²) in [6, 6.07) is 5.47. The van der Waals surface area contributed by atoms with Crippen LogP contribution < -0.4 is 14.8 Å². The third-order valence-corrected chi connectivity index (χ3v) is 5.60. The molecule has 1 amide bonds. The Morgan fingerprint density at radius 1 is 1.10 bits per heavy atom. The third kappa shape index (κ3) is 5.35. The summed E-state index contributed by atoms with van der Waals surface area (Å²) < 4.78 is 15.6. The van der Waals surface area contributed by atoms with Crippen molar-refractivity contribution in [1.82, 2.24) is 0 Å². The highest BCUT2D eigenvalue weighted by molar-refractivity contribution is 7.18. The predicted molar refractivity (Wildman–Crippen MR) is 112 cm³/mol. The fourth-order valence-corrected chi connectivity index (χ4v) is 3.98. The van der Waals surface area contributed by atoms with Gasteiger partial charge in [0.25, 0.3) is 0 Å². The first-order chi connectivity index (χ1) is 13.8. The molecule has 0 radical (unpaired) electrons. The van der Waals surface area contributed by atoms with Gasteiger partial charge in [-0.1, -0.05) is 6.07 Å². The number of ether oxygens (including phenoxy) is 3. The van der Waals surface area contributed by atoms with Gasteiger partial charge in [-0.25, -0.2) is 4.79 Å². The lowest BCUT2D eigenvalue weighted by Gasteiger charge is -2.10. The summed E-state index contributed by atoms with van der Waals surface area (Å²) in [5, 5.41) is 3.09. The molecule has 1 aromatic heterocycles. The van der Waals surface area contributed by atoms with E-state index in [-0.39, 0.29) is 30.3 Å². The molecule has 1 N–H and O–H groups in total. The molecule has 1 aromatic carbocycles. The Hall–Kier alpha value is -2.87. The summed E-state index contributed by atoms with van der Waals surface area (Å²) in [5.74, 6) is 0.232. The molecule has 2 aromatic rings. The molecule has 7 nitrogen and oxygen atoms in total. The molecule has 0 aliphatic heterocycles. The topological polar surface area (TPSA) is 90.9 Å². The van der Waals surface area contributed by atoms with Crippen LogP contribution in [0.2, 0.25) is 0 Å². The Labute approximate surface area is 174 Å². The highest BCUT2D eigenvalue weighted by Gasteiger charge is 2.25. The average Bonchev–Trinajstić information content (AvgIpc) is 3.02. The van der Waals surface area contributed by atoms with Crippen molar-refractivity contribution in [1.29, 1.82) is 0 Å². The number of hydrogen-bond acceptors (Lipinski definition) is 7. The number of methoxy groups -OCH3 is 2. The fraction of sp³-hybridized carbons (Fsp3) is 0.381. The van der Waals surface area contributed by atoms with Crippen molar-refractivity contribution in [2.45, 2.75) is 33.6 Å². The highest BCUT2D eigenvalue weighted by atomic mass is 32.1. The highest BCUT2D eigenvalue weighted by Crippen LogP contribution is 2.34. The van der Waals surface area contributed by atoms with Crippen molar-refractivity contribution < 1.29 is 28.6 Å². The van der Waals surface area contributed by atoms with Crippen LogP contribution in [0.3, 0.4) is 0 Å². The number of carbonyl (C=O) groups excluding carboxylic acids is 3. The maximum absolute atomic E-state index is 12.5. The van der Waals surface area contributed by atoms with E-state index < -0.39 is 5.97 Å². The smallest absolute Gasteiger partial charge is 0.341 e. The second kappa shape index (κ2) is 10.1. The maximum Gasteiger partial charge on any atom is 0.341 e. The number of carbonyl (C=O) groups is 3. The number of aryl methyl sites for hydroxylation is 1. The van der Waals surface area contributed by atoms with Gasteiger partial charge in [-0.2, -0.15) is 0 Å². The van der Waals surface area contributed by atoms with Crippen LogP contribution in [-0.4, -0.2) is 38.5 Å². The fourth-order valence-electron chi connectivity index (χ4n) is 2.87. The number of anilines is 1. The monoisotopic (exact) mass is 419 g/mol. The zero-order valence-corrected chi connectivity index (χ0v) is 18.0. The van der Waals surface area contributed by atoms with Crippen LogP contribution in [0.5, 0.6) is 11.5 Å². The molecule has 0 saturated heterocycles. The van der Waals surface area contributed by atoms with Crippen molar-refractivity contribution in [2.75, 3.05) is 26.1 Å². The lowest BCUT2D eigenvalue weighted by Crippen LogP contribution is -2.15. The van der Waals surface area contributed by atoms with Crippen LogP contribution in [0.4, 0.5) is 5.00 Å². The summed E-state index contributed by atoms with van der Waals surface area (Å²) in [4.78, 5) is 37.1. The molecule has 0 unspecified atom stereocenters. The zero-order chi connectivity index (χ0) is 21.6. The average molecular weight is 419 g/mol. The van der Waals surface area contributed by atoms with Gasteiger partial charge in [0.2, 0.25) is 5.91 Å². The van der Waals surface area contributed by atoms with E-state index in [0.29, 0.717) is 33.4 Å². The lowest BCUT2D eigenvalue weighted by atomic mass is 10.1. The van der Waals surface area contributed by atoms with Gasteiger partial charge in [0.05, 0.1) is 31.3 Å². The number of thiophene rings is 1. The number of nitrogens with one attached hydrogen (secondary N) is 1. The van der Waals surface area contributed by atoms with E-state index in [1.807, 2.05) is 12.1 Å². The van der Waals surface area contributed by atoms with Gasteiger partial charge in [-0.3, -0.25) is 9.59 Å². The standard InChI is InChI=1S/C21H25NO6S/c1-6-28-21(25)18-12(2)19(13(3)23)29-20(18)22-17(24)10-8-14-7-9-15(26-4)16(11-14)27-5/h7,9,11H,6,8,10H2,1-5H3,(H,22,24). The minimum absolute atomic E-state index is 0.163. The second-order valence-electron chi connectivity index (χ2n) is 6.27. The van der Waals surface area contributed by atoms with Gasteiger partial charge < -0.3 is 19.5 Å². The molecular weight excluding hydrogens is 394 g/mol. The number of benzene rings is 1. The molecule has 1 heterocycles. The van der Waals surface area contributed by atoms with E-state index in [0.717, 1.165) is 16.9 Å². The van der Waals surface area contributed by atoms with E-state index in [1.165, 1.54) is 6.92 Å². The van der Waals surface area contributed by atoms with Crippen LogP contribution in [0, 0.1) is 6.92 Å². The van der Waals surface area contributed by atoms with Crippen LogP contribution in [-0.2, 0) is 16.0 Å². The number of amides is 1. The zero-order valence-electron chi connectivity index (χ0n) is 17.2. The maximum atomic E-state index is 12.5. The van der Waals surface area contributed by atoms with Crippen LogP contribution in [0.15, 0.2) is 18.2 Å². The Balaban J connectivity index is 2.15. The minimum Gasteiger partial charge on any atom is -0.493 e. The molecule has 0 spiro atoms. The van der Waals surface area contributed by atoms with Crippen LogP contribution in [0.25, 0.3) is 0 Å². The Bertz CT molecular complexity index is 918. The summed E-state index contributed by atoms with van der Waals surface area (Å²) >= 11 is 1.09. The Morgan fingerprint density at radius 3 is 2.38 bits per heavy atom. The van der Waals surface area contributed by atoms with E-state index in [9.17, 15) is 14.4 Å². The number of ketones is 1. The first-order valence-electron chi connectivity index (χ1n) is 9.14. The molecule has 0 saturated carbocycles. The Morgan fingerprint density at radius 2 is 1.79 bits per heavy atom. The normalized spacial score (nSPS) is 10.4. The first kappa shape index (κ1) is 22.4. The lowest BCUT2D eigenvalue weighted by molar-refractivity contribution is -0.116. The van der Waals surface area contributed by atoms with Crippen LogP contribution >= 0.6 is 11.3 Å². The molecule has 0 bridgehead atoms. The molecule has 29 heavy (non-hydrogen) atoms. The van der Waals surface area contributed by atoms with Crippen molar-refractivity contribution in [3.05, 3.63) is 39.8 Å². The van der Waals surface area contributed by atoms with Gasteiger partial charge in [0.1, 0.15) is 5.00 Å². The molecule has 156 valence electrons. The van der Waals surface area contributed by atoms with Gasteiger partial charge in [0, 0.05) is 6.42 Å². The van der Waals surface area contributed by atoms with E-state index in [4.69, 9.17) is 14.2 Å². The van der Waals surface area contributed by atoms with E-state index >= 15 is 0 Å². The summed E-state index contributed by atoms with van der Waals surface area (Å²) in [6.45, 7) is 5.01. The molecule has 0 aliphatic rings. The van der Waals surface area contributed by atoms with Gasteiger partial charge in [-0.05, 0) is 50.5 Å². The molecule has 2 rings (SSSR count). The molecule has 0 aliphatic carbocycles. The van der Waals surface area contributed by atoms with E-state index in [2.05, 4.69) is 5.32 Å². The van der Waals surface area contributed by atoms with Gasteiger partial charge in [-0.15, -0.1) is 11.3 Å². The third-order valence-electron chi connectivity index (χ3n) is 4.29. The number of Topliss-reactive ketones (excluding diaryl/α,β-unsaturated/α-hetero) is 1. The van der Waals surface area contributed by atoms with Crippen molar-refractivity contribution in [2.24, 2.45) is 0 Å². The van der Waals surface area contributed by atoms with E-state index in [1.54, 1.807) is 34.1 Å². The number of esters is 1. The second-order valence-corrected chi connectivity index (χ2v) is 7.30. The van der Waals surface area contributed by atoms with Gasteiger partial charge in [0.15, 0.2) is 17.3 Å². The predicted octanol–water partition coefficient (Wildman–Crippen LogP) is 4.02. The molecular formula is C21H25NO6S. The molecule has 8 heteroatoms. The summed E-state index contributed by atoms with van der Waals surface area (Å²) in [5.41, 5.74) is 1.67. The summed E-state index contributed by atoms with van der Waals surface area (Å²) in [6.07, 6.45) is 0.676. The quantitative estimate of drug-likeness (QED) is 0.488. The largest absolute Gasteiger partial charge is 0.493 e. The van der Waals surface area contributed by atoms with Crippen molar-refractivity contribution in [3.63, 3.8) is 0 Å². The molecule has 0 fully saturated rings. The minimum atomic E-state index is -0.552. The summed E-state index contributed by atoms with van der Waals surface area (Å²) in [7, 11) is 3.11. The van der Waals surface area contributed by atoms with Crippen LogP contribution in [0.1, 0.15) is 51.4 Å². The van der Waals surface area contributed by atoms with Crippen molar-refractivity contribution >= 4 is 34.0 Å². The van der Waals surface area contributed by atoms with Crippen molar-refractivity contribution in [3.8, 4) is 11.5 Å². The Kier molecular flexibility index (Phi) is 7.78. The van der Waals surface area contributed by atoms with Gasteiger partial charge >= 0.3 is 5.97 Å². The number of rotatable bonds is 9. The SMILES string of the molecule is CCOC(=O)c1c(NC(=O)CCc2ccc(OC)c(OC)c2)sc(C(C)=O)c1C.